The molecule has 0 radical (unpaired) electrons. The monoisotopic (exact) mass is 484 g/mol. The smallest absolute Gasteiger partial charge is 0.407 e. The van der Waals surface area contributed by atoms with Gasteiger partial charge in [-0.25, -0.2) is 4.79 Å². The molecule has 36 heavy (non-hydrogen) atoms. The number of ether oxygens (including phenoxy) is 1. The van der Waals surface area contributed by atoms with Crippen LogP contribution in [0.25, 0.3) is 11.1 Å². The average molecular weight is 485 g/mol. The Labute approximate surface area is 207 Å². The second-order valence-electron chi connectivity index (χ2n) is 8.77. The molecule has 2 N–H and O–H groups in total. The molecule has 5 rings (SSSR count). The van der Waals surface area contributed by atoms with Crippen molar-refractivity contribution in [1.82, 2.24) is 20.5 Å². The highest BCUT2D eigenvalue weighted by Gasteiger charge is 2.39. The van der Waals surface area contributed by atoms with Gasteiger partial charge in [0.15, 0.2) is 0 Å². The van der Waals surface area contributed by atoms with E-state index in [9.17, 15) is 19.2 Å². The van der Waals surface area contributed by atoms with E-state index in [1.165, 1.54) is 4.90 Å². The highest BCUT2D eigenvalue weighted by Crippen LogP contribution is 2.28. The molecule has 9 nitrogen and oxygen atoms in total. The largest absolute Gasteiger partial charge is 0.445 e. The van der Waals surface area contributed by atoms with Crippen LogP contribution in [-0.2, 0) is 34.0 Å². The van der Waals surface area contributed by atoms with Crippen LogP contribution in [0.1, 0.15) is 39.9 Å². The summed E-state index contributed by atoms with van der Waals surface area (Å²) in [6.07, 6.45) is 3.35. The van der Waals surface area contributed by atoms with Gasteiger partial charge in [0.05, 0.1) is 0 Å². The number of nitrogens with zero attached hydrogens (tertiary/aromatic N) is 2. The molecular weight excluding hydrogens is 460 g/mol. The number of hydrogen-bond acceptors (Lipinski definition) is 6. The Kier molecular flexibility index (Phi) is 6.44. The first-order chi connectivity index (χ1) is 17.5. The van der Waals surface area contributed by atoms with Crippen molar-refractivity contribution >= 4 is 23.8 Å². The van der Waals surface area contributed by atoms with Crippen LogP contribution >= 0.6 is 0 Å². The Balaban J connectivity index is 1.15. The number of hydrogen-bond donors (Lipinski definition) is 2. The van der Waals surface area contributed by atoms with Crippen LogP contribution in [0.2, 0.25) is 0 Å². The van der Waals surface area contributed by atoms with Crippen molar-refractivity contribution in [3.8, 4) is 11.1 Å². The van der Waals surface area contributed by atoms with Crippen LogP contribution in [-0.4, -0.2) is 39.7 Å². The standard InChI is InChI=1S/C27H24N4O5/c32-24-9-8-23(25(33)30-24)31-15-20-7-6-17(11-22(20)26(31)34)13-29-27(35)36-16-18-10-21(14-28-12-18)19-4-2-1-3-5-19/h1-7,10-12,14,23H,8-9,13,15-16H2,(H,29,35)(H,30,32,33). The molecule has 9 heteroatoms. The summed E-state index contributed by atoms with van der Waals surface area (Å²) in [5.41, 5.74) is 4.77. The lowest BCUT2D eigenvalue weighted by atomic mass is 10.0. The van der Waals surface area contributed by atoms with Crippen molar-refractivity contribution in [3.63, 3.8) is 0 Å². The van der Waals surface area contributed by atoms with Crippen molar-refractivity contribution < 1.29 is 23.9 Å². The third kappa shape index (κ3) is 4.95. The summed E-state index contributed by atoms with van der Waals surface area (Å²) in [7, 11) is 0. The molecule has 1 saturated heterocycles. The molecule has 182 valence electrons. The number of pyridine rings is 1. The molecular formula is C27H24N4O5. The Morgan fingerprint density at radius 2 is 1.86 bits per heavy atom. The summed E-state index contributed by atoms with van der Waals surface area (Å²) in [5, 5.41) is 5.00. The minimum Gasteiger partial charge on any atom is -0.445 e. The number of fused-ring (bicyclic) bond motifs is 1. The normalized spacial score (nSPS) is 16.9. The lowest BCUT2D eigenvalue weighted by Gasteiger charge is -2.29. The van der Waals surface area contributed by atoms with Gasteiger partial charge in [0, 0.05) is 48.6 Å². The predicted molar refractivity (Wildman–Crippen MR) is 129 cm³/mol. The molecule has 1 fully saturated rings. The first kappa shape index (κ1) is 23.2. The van der Waals surface area contributed by atoms with E-state index in [2.05, 4.69) is 15.6 Å². The molecule has 3 heterocycles. The molecule has 3 aromatic rings. The molecule has 2 aliphatic heterocycles. The third-order valence-corrected chi connectivity index (χ3v) is 6.30. The topological polar surface area (TPSA) is 118 Å². The van der Waals surface area contributed by atoms with Crippen molar-refractivity contribution in [1.29, 1.82) is 0 Å². The summed E-state index contributed by atoms with van der Waals surface area (Å²) in [6.45, 7) is 0.565. The zero-order valence-electron chi connectivity index (χ0n) is 19.4. The van der Waals surface area contributed by atoms with Gasteiger partial charge >= 0.3 is 6.09 Å². The van der Waals surface area contributed by atoms with E-state index < -0.39 is 18.0 Å². The fourth-order valence-corrected chi connectivity index (χ4v) is 4.44. The van der Waals surface area contributed by atoms with Gasteiger partial charge in [-0.15, -0.1) is 0 Å². The summed E-state index contributed by atoms with van der Waals surface area (Å²) >= 11 is 0. The van der Waals surface area contributed by atoms with Gasteiger partial charge < -0.3 is 15.0 Å². The fraction of sp³-hybridized carbons (Fsp3) is 0.222. The molecule has 2 aliphatic rings. The fourth-order valence-electron chi connectivity index (χ4n) is 4.44. The quantitative estimate of drug-likeness (QED) is 0.520. The van der Waals surface area contributed by atoms with Crippen molar-refractivity contribution in [2.45, 2.75) is 38.6 Å². The van der Waals surface area contributed by atoms with Crippen molar-refractivity contribution in [2.24, 2.45) is 0 Å². The first-order valence-electron chi connectivity index (χ1n) is 11.6. The molecule has 4 amide bonds. The van der Waals surface area contributed by atoms with Gasteiger partial charge in [0.2, 0.25) is 11.8 Å². The number of aromatic nitrogens is 1. The molecule has 1 unspecified atom stereocenters. The zero-order valence-corrected chi connectivity index (χ0v) is 19.4. The van der Waals surface area contributed by atoms with Gasteiger partial charge in [-0.3, -0.25) is 24.7 Å². The number of imide groups is 1. The van der Waals surface area contributed by atoms with Crippen LogP contribution < -0.4 is 10.6 Å². The van der Waals surface area contributed by atoms with Crippen LogP contribution in [0.5, 0.6) is 0 Å². The second-order valence-corrected chi connectivity index (χ2v) is 8.77. The second kappa shape index (κ2) is 9.99. The van der Waals surface area contributed by atoms with E-state index in [-0.39, 0.29) is 31.4 Å². The zero-order chi connectivity index (χ0) is 25.1. The van der Waals surface area contributed by atoms with Gasteiger partial charge in [0.1, 0.15) is 12.6 Å². The van der Waals surface area contributed by atoms with E-state index in [4.69, 9.17) is 4.74 Å². The number of piperidine rings is 1. The highest BCUT2D eigenvalue weighted by atomic mass is 16.5. The third-order valence-electron chi connectivity index (χ3n) is 6.30. The van der Waals surface area contributed by atoms with Gasteiger partial charge in [-0.05, 0) is 35.2 Å². The average Bonchev–Trinajstić information content (AvgIpc) is 3.22. The molecule has 0 saturated carbocycles. The Morgan fingerprint density at radius 1 is 1.03 bits per heavy atom. The number of carbonyl (C=O) groups excluding carboxylic acids is 4. The minimum atomic E-state index is -0.658. The number of alkyl carbamates (subject to hydrolysis) is 1. The van der Waals surface area contributed by atoms with Crippen LogP contribution in [0.15, 0.2) is 67.0 Å². The first-order valence-corrected chi connectivity index (χ1v) is 11.6. The summed E-state index contributed by atoms with van der Waals surface area (Å²) in [4.78, 5) is 54.6. The van der Waals surface area contributed by atoms with E-state index >= 15 is 0 Å². The SMILES string of the molecule is O=C1CCC(N2Cc3ccc(CNC(=O)OCc4cncc(-c5ccccc5)c4)cc3C2=O)C(=O)N1. The molecule has 0 spiro atoms. The molecule has 2 aromatic carbocycles. The summed E-state index contributed by atoms with van der Waals surface area (Å²) in [5.74, 6) is -1.02. The molecule has 1 atom stereocenters. The number of nitrogens with one attached hydrogen (secondary N) is 2. The lowest BCUT2D eigenvalue weighted by Crippen LogP contribution is -2.52. The van der Waals surface area contributed by atoms with Crippen LogP contribution in [0.4, 0.5) is 4.79 Å². The van der Waals surface area contributed by atoms with Crippen LogP contribution in [0.3, 0.4) is 0 Å². The van der Waals surface area contributed by atoms with E-state index in [0.29, 0.717) is 18.5 Å². The number of rotatable bonds is 6. The van der Waals surface area contributed by atoms with E-state index in [1.54, 1.807) is 18.5 Å². The van der Waals surface area contributed by atoms with Gasteiger partial charge in [-0.2, -0.15) is 0 Å². The maximum atomic E-state index is 12.9. The minimum absolute atomic E-state index is 0.0725. The summed E-state index contributed by atoms with van der Waals surface area (Å²) in [6, 6.07) is 16.5. The lowest BCUT2D eigenvalue weighted by molar-refractivity contribution is -0.136. The van der Waals surface area contributed by atoms with Gasteiger partial charge in [-0.1, -0.05) is 42.5 Å². The Bertz CT molecular complexity index is 1340. The number of amides is 4. The van der Waals surface area contributed by atoms with Gasteiger partial charge in [0.25, 0.3) is 5.91 Å². The summed E-state index contributed by atoms with van der Waals surface area (Å²) < 4.78 is 5.33. The molecule has 0 bridgehead atoms. The van der Waals surface area contributed by atoms with Crippen LogP contribution in [0, 0.1) is 0 Å². The predicted octanol–water partition coefficient (Wildman–Crippen LogP) is 2.94. The number of carbonyl (C=O) groups is 4. The maximum Gasteiger partial charge on any atom is 0.407 e. The van der Waals surface area contributed by atoms with Crippen molar-refractivity contribution in [2.75, 3.05) is 0 Å². The molecule has 1 aromatic heterocycles. The number of benzene rings is 2. The highest BCUT2D eigenvalue weighted by molar-refractivity contribution is 6.05. The van der Waals surface area contributed by atoms with Crippen molar-refractivity contribution in [3.05, 3.63) is 89.2 Å². The molecule has 0 aliphatic carbocycles. The maximum absolute atomic E-state index is 12.9. The Hall–Kier alpha value is -4.53. The van der Waals surface area contributed by atoms with E-state index in [0.717, 1.165) is 27.8 Å². The Morgan fingerprint density at radius 3 is 2.67 bits per heavy atom. The van der Waals surface area contributed by atoms with E-state index in [1.807, 2.05) is 48.5 Å².